The van der Waals surface area contributed by atoms with E-state index in [1.807, 2.05) is 18.2 Å². The summed E-state index contributed by atoms with van der Waals surface area (Å²) >= 11 is 0. The number of carbonyl (C=O) groups excluding carboxylic acids is 1. The first-order chi connectivity index (χ1) is 10.8. The van der Waals surface area contributed by atoms with Crippen LogP contribution in [0.25, 0.3) is 5.69 Å². The number of anilines is 1. The van der Waals surface area contributed by atoms with Crippen molar-refractivity contribution >= 4 is 11.6 Å². The molecule has 2 aromatic carbocycles. The Morgan fingerprint density at radius 1 is 1.14 bits per heavy atom. The average molecular weight is 295 g/mol. The van der Waals surface area contributed by atoms with Crippen molar-refractivity contribution in [2.75, 3.05) is 12.4 Å². The molecule has 3 aromatic rings. The molecule has 0 bridgehead atoms. The van der Waals surface area contributed by atoms with Gasteiger partial charge in [-0.15, -0.1) is 5.10 Å². The third kappa shape index (κ3) is 2.78. The van der Waals surface area contributed by atoms with Crippen molar-refractivity contribution in [3.63, 3.8) is 0 Å². The summed E-state index contributed by atoms with van der Waals surface area (Å²) in [5.74, 6) is 0.480. The van der Waals surface area contributed by atoms with Gasteiger partial charge >= 0.3 is 0 Å². The highest BCUT2D eigenvalue weighted by molar-refractivity contribution is 6.05. The second kappa shape index (κ2) is 6.04. The summed E-state index contributed by atoms with van der Waals surface area (Å²) in [6.45, 7) is 0. The topological polar surface area (TPSA) is 81.9 Å². The van der Waals surface area contributed by atoms with Crippen molar-refractivity contribution in [1.29, 1.82) is 0 Å². The van der Waals surface area contributed by atoms with E-state index in [-0.39, 0.29) is 5.91 Å². The molecular formula is C15H13N5O2. The van der Waals surface area contributed by atoms with Crippen molar-refractivity contribution in [1.82, 2.24) is 20.2 Å². The third-order valence-electron chi connectivity index (χ3n) is 3.10. The highest BCUT2D eigenvalue weighted by Gasteiger charge is 2.10. The predicted octanol–water partition coefficient (Wildman–Crippen LogP) is 1.92. The maximum absolute atomic E-state index is 12.3. The van der Waals surface area contributed by atoms with E-state index in [0.29, 0.717) is 22.7 Å². The first kappa shape index (κ1) is 13.7. The summed E-state index contributed by atoms with van der Waals surface area (Å²) in [4.78, 5) is 12.3. The standard InChI is InChI=1S/C15H13N5O2/c1-22-12-8-6-11(7-9-12)15(21)17-13-4-2-3-5-14(13)20-10-16-18-19-20/h2-10H,1H3,(H,17,21). The van der Waals surface area contributed by atoms with E-state index < -0.39 is 0 Å². The van der Waals surface area contributed by atoms with E-state index in [1.165, 1.54) is 11.0 Å². The van der Waals surface area contributed by atoms with Gasteiger partial charge in [-0.3, -0.25) is 4.79 Å². The van der Waals surface area contributed by atoms with Gasteiger partial charge in [0.1, 0.15) is 12.1 Å². The number of ether oxygens (including phenoxy) is 1. The van der Waals surface area contributed by atoms with Crippen LogP contribution in [-0.2, 0) is 0 Å². The minimum atomic E-state index is -0.219. The lowest BCUT2D eigenvalue weighted by Crippen LogP contribution is -2.14. The summed E-state index contributed by atoms with van der Waals surface area (Å²) in [5.41, 5.74) is 1.84. The SMILES string of the molecule is COc1ccc(C(=O)Nc2ccccc2-n2cnnn2)cc1. The number of hydrogen-bond donors (Lipinski definition) is 1. The molecule has 0 saturated carbocycles. The first-order valence-corrected chi connectivity index (χ1v) is 6.56. The summed E-state index contributed by atoms with van der Waals surface area (Å²) in [7, 11) is 1.58. The van der Waals surface area contributed by atoms with E-state index in [2.05, 4.69) is 20.8 Å². The zero-order valence-electron chi connectivity index (χ0n) is 11.8. The molecule has 0 unspecified atom stereocenters. The van der Waals surface area contributed by atoms with Crippen LogP contribution in [0, 0.1) is 0 Å². The lowest BCUT2D eigenvalue weighted by atomic mass is 10.2. The van der Waals surface area contributed by atoms with E-state index in [4.69, 9.17) is 4.74 Å². The van der Waals surface area contributed by atoms with Crippen LogP contribution >= 0.6 is 0 Å². The van der Waals surface area contributed by atoms with Gasteiger partial charge in [0.15, 0.2) is 0 Å². The molecule has 1 heterocycles. The van der Waals surface area contributed by atoms with Crippen molar-refractivity contribution in [3.05, 3.63) is 60.4 Å². The molecule has 0 aliphatic carbocycles. The van der Waals surface area contributed by atoms with Crippen LogP contribution in [-0.4, -0.2) is 33.2 Å². The number of rotatable bonds is 4. The van der Waals surface area contributed by atoms with Crippen LogP contribution in [0.3, 0.4) is 0 Å². The quantitative estimate of drug-likeness (QED) is 0.795. The number of aromatic nitrogens is 4. The zero-order valence-corrected chi connectivity index (χ0v) is 11.8. The van der Waals surface area contributed by atoms with Gasteiger partial charge in [0.05, 0.1) is 18.5 Å². The molecular weight excluding hydrogens is 282 g/mol. The Morgan fingerprint density at radius 2 is 1.91 bits per heavy atom. The highest BCUT2D eigenvalue weighted by Crippen LogP contribution is 2.20. The number of carbonyl (C=O) groups is 1. The molecule has 0 atom stereocenters. The average Bonchev–Trinajstić information content (AvgIpc) is 3.10. The zero-order chi connectivity index (χ0) is 15.4. The summed E-state index contributed by atoms with van der Waals surface area (Å²) < 4.78 is 6.57. The number of methoxy groups -OCH3 is 1. The molecule has 3 rings (SSSR count). The lowest BCUT2D eigenvalue weighted by Gasteiger charge is -2.10. The van der Waals surface area contributed by atoms with Crippen LogP contribution in [0.5, 0.6) is 5.75 Å². The molecule has 0 aliphatic rings. The van der Waals surface area contributed by atoms with Crippen LogP contribution in [0.1, 0.15) is 10.4 Å². The fraction of sp³-hybridized carbons (Fsp3) is 0.0667. The van der Waals surface area contributed by atoms with Crippen LogP contribution in [0.4, 0.5) is 5.69 Å². The molecule has 7 heteroatoms. The van der Waals surface area contributed by atoms with E-state index in [0.717, 1.165) is 0 Å². The van der Waals surface area contributed by atoms with Gasteiger partial charge in [-0.25, -0.2) is 0 Å². The maximum atomic E-state index is 12.3. The molecule has 7 nitrogen and oxygen atoms in total. The number of tetrazole rings is 1. The molecule has 0 spiro atoms. The number of nitrogens with zero attached hydrogens (tertiary/aromatic N) is 4. The van der Waals surface area contributed by atoms with Crippen molar-refractivity contribution in [3.8, 4) is 11.4 Å². The summed E-state index contributed by atoms with van der Waals surface area (Å²) in [6, 6.07) is 14.2. The number of amides is 1. The molecule has 0 saturated heterocycles. The number of hydrogen-bond acceptors (Lipinski definition) is 5. The Balaban J connectivity index is 1.85. The minimum Gasteiger partial charge on any atom is -0.497 e. The molecule has 1 amide bonds. The normalized spacial score (nSPS) is 10.2. The minimum absolute atomic E-state index is 0.219. The van der Waals surface area contributed by atoms with E-state index in [9.17, 15) is 4.79 Å². The van der Waals surface area contributed by atoms with E-state index in [1.54, 1.807) is 37.4 Å². The number of para-hydroxylation sites is 2. The monoisotopic (exact) mass is 295 g/mol. The smallest absolute Gasteiger partial charge is 0.255 e. The molecule has 0 aliphatic heterocycles. The molecule has 0 fully saturated rings. The van der Waals surface area contributed by atoms with Crippen LogP contribution in [0.2, 0.25) is 0 Å². The van der Waals surface area contributed by atoms with Gasteiger partial charge in [0.25, 0.3) is 5.91 Å². The Kier molecular flexibility index (Phi) is 3.78. The Labute approximate surface area is 126 Å². The molecule has 1 aromatic heterocycles. The van der Waals surface area contributed by atoms with Crippen molar-refractivity contribution in [2.24, 2.45) is 0 Å². The van der Waals surface area contributed by atoms with Crippen LogP contribution < -0.4 is 10.1 Å². The van der Waals surface area contributed by atoms with Gasteiger partial charge in [-0.1, -0.05) is 12.1 Å². The predicted molar refractivity (Wildman–Crippen MR) is 80.1 cm³/mol. The fourth-order valence-corrected chi connectivity index (χ4v) is 1.99. The van der Waals surface area contributed by atoms with Gasteiger partial charge in [-0.2, -0.15) is 4.68 Å². The third-order valence-corrected chi connectivity index (χ3v) is 3.10. The highest BCUT2D eigenvalue weighted by atomic mass is 16.5. The van der Waals surface area contributed by atoms with Crippen molar-refractivity contribution in [2.45, 2.75) is 0 Å². The van der Waals surface area contributed by atoms with Gasteiger partial charge in [-0.05, 0) is 46.8 Å². The first-order valence-electron chi connectivity index (χ1n) is 6.56. The number of nitrogens with one attached hydrogen (secondary N) is 1. The maximum Gasteiger partial charge on any atom is 0.255 e. The second-order valence-electron chi connectivity index (χ2n) is 4.45. The van der Waals surface area contributed by atoms with E-state index >= 15 is 0 Å². The lowest BCUT2D eigenvalue weighted by molar-refractivity contribution is 0.102. The van der Waals surface area contributed by atoms with Gasteiger partial charge in [0.2, 0.25) is 0 Å². The van der Waals surface area contributed by atoms with Gasteiger partial charge in [0, 0.05) is 5.56 Å². The molecule has 1 N–H and O–H groups in total. The fourth-order valence-electron chi connectivity index (χ4n) is 1.99. The molecule has 110 valence electrons. The van der Waals surface area contributed by atoms with Crippen LogP contribution in [0.15, 0.2) is 54.9 Å². The molecule has 22 heavy (non-hydrogen) atoms. The molecule has 0 radical (unpaired) electrons. The summed E-state index contributed by atoms with van der Waals surface area (Å²) in [6.07, 6.45) is 1.47. The number of benzene rings is 2. The Hall–Kier alpha value is -3.22. The van der Waals surface area contributed by atoms with Gasteiger partial charge < -0.3 is 10.1 Å². The second-order valence-corrected chi connectivity index (χ2v) is 4.45. The summed E-state index contributed by atoms with van der Waals surface area (Å²) in [5, 5.41) is 13.9. The van der Waals surface area contributed by atoms with Crippen molar-refractivity contribution < 1.29 is 9.53 Å². The Bertz CT molecular complexity index is 769. The largest absolute Gasteiger partial charge is 0.497 e. The Morgan fingerprint density at radius 3 is 2.59 bits per heavy atom.